The molecule has 5 heteroatoms. The quantitative estimate of drug-likeness (QED) is 0.371. The summed E-state index contributed by atoms with van der Waals surface area (Å²) in [5.74, 6) is -1.05. The van der Waals surface area contributed by atoms with E-state index < -0.39 is 5.97 Å². The fourth-order valence-corrected chi connectivity index (χ4v) is 0.703. The monoisotopic (exact) mass is 150 g/mol. The zero-order valence-corrected chi connectivity index (χ0v) is 7.91. The molecule has 0 aliphatic carbocycles. The van der Waals surface area contributed by atoms with Gasteiger partial charge in [-0.3, -0.25) is 4.99 Å². The van der Waals surface area contributed by atoms with Gasteiger partial charge in [-0.15, -0.1) is 0 Å². The molecule has 10 heavy (non-hydrogen) atoms. The van der Waals surface area contributed by atoms with Crippen LogP contribution in [0.4, 0.5) is 0 Å². The normalized spacial score (nSPS) is 15.0. The van der Waals surface area contributed by atoms with E-state index in [4.69, 9.17) is 0 Å². The molecule has 0 spiro atoms. The predicted molar refractivity (Wildman–Crippen MR) is 29.9 cm³/mol. The van der Waals surface area contributed by atoms with Gasteiger partial charge in [0.15, 0.2) is 0 Å². The Morgan fingerprint density at radius 1 is 1.80 bits per heavy atom. The predicted octanol–water partition coefficient (Wildman–Crippen LogP) is -4.92. The third kappa shape index (κ3) is 3.20. The maximum absolute atomic E-state index is 9.94. The average molecular weight is 150 g/mol. The van der Waals surface area contributed by atoms with Gasteiger partial charge in [-0.1, -0.05) is 0 Å². The minimum Gasteiger partial charge on any atom is -0.548 e. The SMILES string of the molecule is O=C([O-])CN1C=NCC1.[Na+]. The summed E-state index contributed by atoms with van der Waals surface area (Å²) in [7, 11) is 0. The second kappa shape index (κ2) is 4.71. The van der Waals surface area contributed by atoms with E-state index in [1.165, 1.54) is 6.34 Å². The molecule has 0 aromatic rings. The van der Waals surface area contributed by atoms with Crippen molar-refractivity contribution in [2.24, 2.45) is 4.99 Å². The Hall–Kier alpha value is -0.0600. The van der Waals surface area contributed by atoms with E-state index in [1.54, 1.807) is 4.90 Å². The molecule has 0 aromatic carbocycles. The molecule has 0 atom stereocenters. The maximum atomic E-state index is 9.94. The molecule has 0 saturated carbocycles. The largest absolute Gasteiger partial charge is 1.00 e. The summed E-state index contributed by atoms with van der Waals surface area (Å²) in [5, 5.41) is 9.94. The third-order valence-electron chi connectivity index (χ3n) is 1.09. The van der Waals surface area contributed by atoms with Crippen LogP contribution in [-0.2, 0) is 4.79 Å². The van der Waals surface area contributed by atoms with Gasteiger partial charge in [0.05, 0.1) is 25.4 Å². The molecule has 0 aromatic heterocycles. The fraction of sp³-hybridized carbons (Fsp3) is 0.600. The Labute approximate surface area is 81.2 Å². The van der Waals surface area contributed by atoms with Crippen LogP contribution >= 0.6 is 0 Å². The summed E-state index contributed by atoms with van der Waals surface area (Å²) in [6, 6.07) is 0. The zero-order chi connectivity index (χ0) is 6.69. The number of carbonyl (C=O) groups excluding carboxylic acids is 1. The molecule has 0 bridgehead atoms. The Balaban J connectivity index is 0.000000810. The van der Waals surface area contributed by atoms with Crippen molar-refractivity contribution < 1.29 is 39.5 Å². The van der Waals surface area contributed by atoms with Crippen molar-refractivity contribution in [2.45, 2.75) is 0 Å². The van der Waals surface area contributed by atoms with E-state index in [0.717, 1.165) is 0 Å². The second-order valence-electron chi connectivity index (χ2n) is 1.86. The van der Waals surface area contributed by atoms with E-state index >= 15 is 0 Å². The number of rotatable bonds is 2. The molecule has 0 unspecified atom stereocenters. The molecular formula is C5H7N2NaO2. The Bertz CT molecular complexity index is 149. The van der Waals surface area contributed by atoms with E-state index in [2.05, 4.69) is 4.99 Å². The smallest absolute Gasteiger partial charge is 0.548 e. The van der Waals surface area contributed by atoms with Gasteiger partial charge in [-0.2, -0.15) is 0 Å². The molecule has 0 amide bonds. The minimum absolute atomic E-state index is 0. The van der Waals surface area contributed by atoms with Gasteiger partial charge < -0.3 is 14.8 Å². The summed E-state index contributed by atoms with van der Waals surface area (Å²) >= 11 is 0. The molecule has 1 heterocycles. The van der Waals surface area contributed by atoms with Crippen molar-refractivity contribution in [3.63, 3.8) is 0 Å². The van der Waals surface area contributed by atoms with Crippen LogP contribution in [-0.4, -0.2) is 36.8 Å². The van der Waals surface area contributed by atoms with Crippen molar-refractivity contribution >= 4 is 12.3 Å². The van der Waals surface area contributed by atoms with Gasteiger partial charge in [0.1, 0.15) is 0 Å². The second-order valence-corrected chi connectivity index (χ2v) is 1.86. The topological polar surface area (TPSA) is 55.7 Å². The fourth-order valence-electron chi connectivity index (χ4n) is 0.703. The summed E-state index contributed by atoms with van der Waals surface area (Å²) in [6.07, 6.45) is 1.54. The van der Waals surface area contributed by atoms with Gasteiger partial charge in [-0.05, 0) is 0 Å². The first-order chi connectivity index (χ1) is 4.29. The number of carboxylic acids is 1. The Kier molecular flexibility index (Phi) is 4.68. The van der Waals surface area contributed by atoms with Gasteiger partial charge in [0, 0.05) is 6.54 Å². The number of hydrogen-bond acceptors (Lipinski definition) is 4. The van der Waals surface area contributed by atoms with Crippen LogP contribution in [0, 0.1) is 0 Å². The summed E-state index contributed by atoms with van der Waals surface area (Å²) in [5.41, 5.74) is 0. The molecule has 1 aliphatic heterocycles. The van der Waals surface area contributed by atoms with Crippen molar-refractivity contribution in [1.82, 2.24) is 4.90 Å². The van der Waals surface area contributed by atoms with Gasteiger partial charge >= 0.3 is 29.6 Å². The van der Waals surface area contributed by atoms with Crippen molar-refractivity contribution in [1.29, 1.82) is 0 Å². The van der Waals surface area contributed by atoms with Gasteiger partial charge in [0.2, 0.25) is 0 Å². The van der Waals surface area contributed by atoms with Crippen molar-refractivity contribution in [3.8, 4) is 0 Å². The Morgan fingerprint density at radius 2 is 2.50 bits per heavy atom. The van der Waals surface area contributed by atoms with Gasteiger partial charge in [-0.25, -0.2) is 0 Å². The van der Waals surface area contributed by atoms with Crippen LogP contribution in [0.5, 0.6) is 0 Å². The van der Waals surface area contributed by atoms with E-state index in [1.807, 2.05) is 0 Å². The van der Waals surface area contributed by atoms with Gasteiger partial charge in [0.25, 0.3) is 0 Å². The Morgan fingerprint density at radius 3 is 2.90 bits per heavy atom. The summed E-state index contributed by atoms with van der Waals surface area (Å²) in [4.78, 5) is 15.4. The molecule has 1 rings (SSSR count). The van der Waals surface area contributed by atoms with Crippen LogP contribution in [0.3, 0.4) is 0 Å². The molecule has 0 N–H and O–H groups in total. The third-order valence-corrected chi connectivity index (χ3v) is 1.09. The number of aliphatic imine (C=N–C) groups is 1. The molecule has 1 aliphatic rings. The summed E-state index contributed by atoms with van der Waals surface area (Å²) in [6.45, 7) is 1.37. The first kappa shape index (κ1) is 9.94. The molecule has 50 valence electrons. The number of hydrogen-bond donors (Lipinski definition) is 0. The molecule has 4 nitrogen and oxygen atoms in total. The van der Waals surface area contributed by atoms with Crippen LogP contribution in [0.25, 0.3) is 0 Å². The van der Waals surface area contributed by atoms with E-state index in [9.17, 15) is 9.90 Å². The first-order valence-electron chi connectivity index (χ1n) is 2.73. The van der Waals surface area contributed by atoms with Crippen LogP contribution in [0.2, 0.25) is 0 Å². The molecule has 0 saturated heterocycles. The molecular weight excluding hydrogens is 143 g/mol. The van der Waals surface area contributed by atoms with Crippen LogP contribution in [0.15, 0.2) is 4.99 Å². The maximum Gasteiger partial charge on any atom is 1.00 e. The zero-order valence-electron chi connectivity index (χ0n) is 5.91. The van der Waals surface area contributed by atoms with Crippen molar-refractivity contribution in [2.75, 3.05) is 19.6 Å². The average Bonchev–Trinajstić information content (AvgIpc) is 2.15. The molecule has 0 radical (unpaired) electrons. The van der Waals surface area contributed by atoms with E-state index in [0.29, 0.717) is 13.1 Å². The number of carbonyl (C=O) groups is 1. The van der Waals surface area contributed by atoms with Crippen LogP contribution in [0.1, 0.15) is 0 Å². The standard InChI is InChI=1S/C5H8N2O2.Na/c8-5(9)3-7-2-1-6-4-7;/h4H,1-3H2,(H,8,9);/q;+1/p-1. The molecule has 0 fully saturated rings. The first-order valence-corrected chi connectivity index (χ1v) is 2.73. The van der Waals surface area contributed by atoms with Crippen LogP contribution < -0.4 is 34.7 Å². The number of aliphatic carboxylic acids is 1. The van der Waals surface area contributed by atoms with E-state index in [-0.39, 0.29) is 36.1 Å². The summed E-state index contributed by atoms with van der Waals surface area (Å²) < 4.78 is 0. The minimum atomic E-state index is -1.05. The van der Waals surface area contributed by atoms with Crippen molar-refractivity contribution in [3.05, 3.63) is 0 Å². The number of nitrogens with zero attached hydrogens (tertiary/aromatic N) is 2. The number of carboxylic acid groups (broad SMARTS) is 1.